The number of nitriles is 1. The van der Waals surface area contributed by atoms with Crippen LogP contribution in [-0.4, -0.2) is 46.9 Å². The number of piperazine rings is 1. The van der Waals surface area contributed by atoms with E-state index in [0.29, 0.717) is 6.04 Å². The smallest absolute Gasteiger partial charge is 0.145 e. The van der Waals surface area contributed by atoms with Crippen molar-refractivity contribution in [3.05, 3.63) is 11.3 Å². The summed E-state index contributed by atoms with van der Waals surface area (Å²) in [7, 11) is 1.92. The van der Waals surface area contributed by atoms with E-state index in [1.807, 2.05) is 18.7 Å². The van der Waals surface area contributed by atoms with Crippen molar-refractivity contribution >= 4 is 5.82 Å². The molecular formula is C13H21N5. The third kappa shape index (κ3) is 2.08. The average Bonchev–Trinajstić information content (AvgIpc) is 2.63. The number of likely N-dealkylation sites (N-methyl/N-ethyl adjacent to an activating group) is 1. The SMILES string of the molecule is CCN1CCN(c2c(C#N)c(C)nn2C)CC1C. The number of aryl methyl sites for hydroxylation is 2. The van der Waals surface area contributed by atoms with Crippen LogP contribution in [0.2, 0.25) is 0 Å². The van der Waals surface area contributed by atoms with Crippen LogP contribution in [0.3, 0.4) is 0 Å². The van der Waals surface area contributed by atoms with Crippen molar-refractivity contribution in [2.24, 2.45) is 7.05 Å². The number of aromatic nitrogens is 2. The van der Waals surface area contributed by atoms with Gasteiger partial charge in [-0.25, -0.2) is 0 Å². The molecule has 2 heterocycles. The number of hydrogen-bond acceptors (Lipinski definition) is 4. The zero-order valence-corrected chi connectivity index (χ0v) is 11.6. The molecule has 0 saturated carbocycles. The lowest BCUT2D eigenvalue weighted by Gasteiger charge is -2.40. The van der Waals surface area contributed by atoms with Crippen molar-refractivity contribution in [3.8, 4) is 6.07 Å². The lowest BCUT2D eigenvalue weighted by molar-refractivity contribution is 0.198. The van der Waals surface area contributed by atoms with Crippen LogP contribution in [0.15, 0.2) is 0 Å². The Morgan fingerprint density at radius 1 is 1.44 bits per heavy atom. The fourth-order valence-electron chi connectivity index (χ4n) is 2.80. The molecule has 0 aromatic carbocycles. The minimum atomic E-state index is 0.519. The van der Waals surface area contributed by atoms with E-state index in [9.17, 15) is 5.26 Å². The molecule has 1 aromatic heterocycles. The monoisotopic (exact) mass is 247 g/mol. The van der Waals surface area contributed by atoms with Gasteiger partial charge in [0.25, 0.3) is 0 Å². The number of hydrogen-bond donors (Lipinski definition) is 0. The van der Waals surface area contributed by atoms with E-state index in [2.05, 4.69) is 34.8 Å². The van der Waals surface area contributed by atoms with Gasteiger partial charge in [-0.2, -0.15) is 10.4 Å². The van der Waals surface area contributed by atoms with E-state index in [1.54, 1.807) is 0 Å². The van der Waals surface area contributed by atoms with Crippen molar-refractivity contribution in [3.63, 3.8) is 0 Å². The fourth-order valence-corrected chi connectivity index (χ4v) is 2.80. The quantitative estimate of drug-likeness (QED) is 0.786. The molecule has 0 aliphatic carbocycles. The summed E-state index contributed by atoms with van der Waals surface area (Å²) in [6.45, 7) is 10.4. The largest absolute Gasteiger partial charge is 0.353 e. The van der Waals surface area contributed by atoms with Crippen LogP contribution in [0, 0.1) is 18.3 Å². The minimum absolute atomic E-state index is 0.519. The van der Waals surface area contributed by atoms with E-state index in [0.717, 1.165) is 43.3 Å². The van der Waals surface area contributed by atoms with Gasteiger partial charge in [0, 0.05) is 32.7 Å². The normalized spacial score (nSPS) is 21.1. The van der Waals surface area contributed by atoms with E-state index in [-0.39, 0.29) is 0 Å². The Kier molecular flexibility index (Phi) is 3.58. The van der Waals surface area contributed by atoms with Crippen LogP contribution < -0.4 is 4.90 Å². The van der Waals surface area contributed by atoms with Gasteiger partial charge in [0.1, 0.15) is 17.5 Å². The molecule has 0 bridgehead atoms. The Morgan fingerprint density at radius 3 is 2.72 bits per heavy atom. The zero-order chi connectivity index (χ0) is 13.3. The van der Waals surface area contributed by atoms with Crippen molar-refractivity contribution in [2.45, 2.75) is 26.8 Å². The predicted molar refractivity (Wildman–Crippen MR) is 71.6 cm³/mol. The van der Waals surface area contributed by atoms with Crippen LogP contribution in [0.5, 0.6) is 0 Å². The molecule has 0 spiro atoms. The first-order chi connectivity index (χ1) is 8.58. The lowest BCUT2D eigenvalue weighted by Crippen LogP contribution is -2.52. The summed E-state index contributed by atoms with van der Waals surface area (Å²) >= 11 is 0. The Bertz CT molecular complexity index is 470. The van der Waals surface area contributed by atoms with Crippen LogP contribution in [-0.2, 0) is 7.05 Å². The molecule has 1 aliphatic heterocycles. The molecular weight excluding hydrogens is 226 g/mol. The first-order valence-electron chi connectivity index (χ1n) is 6.51. The predicted octanol–water partition coefficient (Wildman–Crippen LogP) is 1.13. The fraction of sp³-hybridized carbons (Fsp3) is 0.692. The highest BCUT2D eigenvalue weighted by molar-refractivity contribution is 5.57. The topological polar surface area (TPSA) is 48.1 Å². The standard InChI is InChI=1S/C13H21N5/c1-5-17-6-7-18(9-10(17)2)13-12(8-14)11(3)15-16(13)4/h10H,5-7,9H2,1-4H3. The van der Waals surface area contributed by atoms with Crippen molar-refractivity contribution in [1.29, 1.82) is 5.26 Å². The van der Waals surface area contributed by atoms with Crippen LogP contribution >= 0.6 is 0 Å². The zero-order valence-electron chi connectivity index (χ0n) is 11.6. The summed E-state index contributed by atoms with van der Waals surface area (Å²) in [6, 6.07) is 2.80. The molecule has 1 atom stereocenters. The van der Waals surface area contributed by atoms with Gasteiger partial charge >= 0.3 is 0 Å². The number of anilines is 1. The summed E-state index contributed by atoms with van der Waals surface area (Å²) in [5.74, 6) is 0.970. The van der Waals surface area contributed by atoms with Gasteiger partial charge in [0.15, 0.2) is 0 Å². The van der Waals surface area contributed by atoms with Crippen LogP contribution in [0.4, 0.5) is 5.82 Å². The molecule has 0 radical (unpaired) electrons. The summed E-state index contributed by atoms with van der Waals surface area (Å²) < 4.78 is 1.84. The molecule has 0 amide bonds. The molecule has 1 aromatic rings. The molecule has 18 heavy (non-hydrogen) atoms. The van der Waals surface area contributed by atoms with Gasteiger partial charge in [-0.1, -0.05) is 6.92 Å². The highest BCUT2D eigenvalue weighted by Crippen LogP contribution is 2.24. The highest BCUT2D eigenvalue weighted by Gasteiger charge is 2.27. The first-order valence-corrected chi connectivity index (χ1v) is 6.51. The molecule has 1 fully saturated rings. The van der Waals surface area contributed by atoms with Crippen LogP contribution in [0.1, 0.15) is 25.1 Å². The molecule has 5 nitrogen and oxygen atoms in total. The average molecular weight is 247 g/mol. The van der Waals surface area contributed by atoms with Gasteiger partial charge in [-0.3, -0.25) is 9.58 Å². The lowest BCUT2D eigenvalue weighted by atomic mass is 10.1. The third-order valence-corrected chi connectivity index (χ3v) is 3.77. The van der Waals surface area contributed by atoms with Gasteiger partial charge in [0.2, 0.25) is 0 Å². The number of nitrogens with zero attached hydrogens (tertiary/aromatic N) is 5. The first kappa shape index (κ1) is 12.9. The third-order valence-electron chi connectivity index (χ3n) is 3.77. The van der Waals surface area contributed by atoms with Crippen molar-refractivity contribution in [1.82, 2.24) is 14.7 Å². The highest BCUT2D eigenvalue weighted by atomic mass is 15.4. The molecule has 1 saturated heterocycles. The maximum atomic E-state index is 9.27. The van der Waals surface area contributed by atoms with E-state index in [1.165, 1.54) is 0 Å². The molecule has 5 heteroatoms. The molecule has 98 valence electrons. The van der Waals surface area contributed by atoms with Gasteiger partial charge in [0.05, 0.1) is 5.69 Å². The second-order valence-corrected chi connectivity index (χ2v) is 4.94. The summed E-state index contributed by atoms with van der Waals surface area (Å²) in [5.41, 5.74) is 1.54. The maximum Gasteiger partial charge on any atom is 0.145 e. The minimum Gasteiger partial charge on any atom is -0.353 e. The Hall–Kier alpha value is -1.54. The van der Waals surface area contributed by atoms with Gasteiger partial charge in [-0.05, 0) is 20.4 Å². The van der Waals surface area contributed by atoms with E-state index in [4.69, 9.17) is 0 Å². The number of rotatable bonds is 2. The van der Waals surface area contributed by atoms with E-state index >= 15 is 0 Å². The Morgan fingerprint density at radius 2 is 2.17 bits per heavy atom. The summed E-state index contributed by atoms with van der Waals surface area (Å²) in [4.78, 5) is 4.75. The van der Waals surface area contributed by atoms with Gasteiger partial charge in [-0.15, -0.1) is 0 Å². The Balaban J connectivity index is 2.26. The second-order valence-electron chi connectivity index (χ2n) is 4.94. The Labute approximate surface area is 109 Å². The van der Waals surface area contributed by atoms with E-state index < -0.39 is 0 Å². The van der Waals surface area contributed by atoms with Gasteiger partial charge < -0.3 is 4.90 Å². The molecule has 0 N–H and O–H groups in total. The van der Waals surface area contributed by atoms with Crippen molar-refractivity contribution < 1.29 is 0 Å². The molecule has 1 unspecified atom stereocenters. The molecule has 2 rings (SSSR count). The maximum absolute atomic E-state index is 9.27. The van der Waals surface area contributed by atoms with Crippen LogP contribution in [0.25, 0.3) is 0 Å². The molecule has 1 aliphatic rings. The summed E-state index contributed by atoms with van der Waals surface area (Å²) in [5, 5.41) is 13.6. The van der Waals surface area contributed by atoms with Crippen molar-refractivity contribution in [2.75, 3.05) is 31.1 Å². The second kappa shape index (κ2) is 4.99. The summed E-state index contributed by atoms with van der Waals surface area (Å²) in [6.07, 6.45) is 0.